The number of halogens is 1. The van der Waals surface area contributed by atoms with Gasteiger partial charge in [-0.05, 0) is 24.6 Å². The number of nitrogens with zero attached hydrogens (tertiary/aromatic N) is 2. The van der Waals surface area contributed by atoms with Gasteiger partial charge in [-0.3, -0.25) is 9.48 Å². The van der Waals surface area contributed by atoms with Gasteiger partial charge in [0.15, 0.2) is 0 Å². The molecule has 1 unspecified atom stereocenters. The molecule has 20 heavy (non-hydrogen) atoms. The van der Waals surface area contributed by atoms with Gasteiger partial charge in [-0.25, -0.2) is 0 Å². The van der Waals surface area contributed by atoms with Crippen LogP contribution in [0.5, 0.6) is 0 Å². The van der Waals surface area contributed by atoms with Gasteiger partial charge in [-0.1, -0.05) is 23.7 Å². The van der Waals surface area contributed by atoms with E-state index in [-0.39, 0.29) is 11.9 Å². The van der Waals surface area contributed by atoms with Gasteiger partial charge in [0.25, 0.3) is 0 Å². The molecular formula is C14H17ClN4O. The van der Waals surface area contributed by atoms with Crippen LogP contribution in [0.2, 0.25) is 5.02 Å². The van der Waals surface area contributed by atoms with Gasteiger partial charge in [0.05, 0.1) is 12.2 Å². The number of carbonyl (C=O) groups excluding carboxylic acids is 1. The molecule has 2 rings (SSSR count). The molecule has 1 aromatic heterocycles. The lowest BCUT2D eigenvalue weighted by Gasteiger charge is -2.17. The summed E-state index contributed by atoms with van der Waals surface area (Å²) in [6, 6.07) is 6.48. The van der Waals surface area contributed by atoms with E-state index in [1.807, 2.05) is 19.1 Å². The van der Waals surface area contributed by atoms with Crippen molar-refractivity contribution < 1.29 is 4.79 Å². The second kappa shape index (κ2) is 6.07. The lowest BCUT2D eigenvalue weighted by molar-refractivity contribution is -0.123. The maximum absolute atomic E-state index is 12.1. The monoisotopic (exact) mass is 292 g/mol. The predicted molar refractivity (Wildman–Crippen MR) is 78.1 cm³/mol. The third-order valence-corrected chi connectivity index (χ3v) is 3.35. The first-order chi connectivity index (χ1) is 9.47. The average Bonchev–Trinajstić information content (AvgIpc) is 2.85. The SMILES string of the molecule is C[C@@H](NC(=O)C(N)c1cnn(C)c1)c1ccc(Cl)cc1. The highest BCUT2D eigenvalue weighted by molar-refractivity contribution is 6.30. The zero-order chi connectivity index (χ0) is 14.7. The first-order valence-corrected chi connectivity index (χ1v) is 6.65. The Morgan fingerprint density at radius 1 is 1.35 bits per heavy atom. The molecule has 0 saturated carbocycles. The van der Waals surface area contributed by atoms with Crippen molar-refractivity contribution in [1.29, 1.82) is 0 Å². The smallest absolute Gasteiger partial charge is 0.242 e. The summed E-state index contributed by atoms with van der Waals surface area (Å²) >= 11 is 5.84. The Hall–Kier alpha value is -1.85. The van der Waals surface area contributed by atoms with Crippen LogP contribution in [0.4, 0.5) is 0 Å². The Balaban J connectivity index is 2.02. The van der Waals surface area contributed by atoms with Crippen LogP contribution in [0.25, 0.3) is 0 Å². The minimum Gasteiger partial charge on any atom is -0.348 e. The zero-order valence-electron chi connectivity index (χ0n) is 11.4. The Bertz CT molecular complexity index is 593. The topological polar surface area (TPSA) is 72.9 Å². The molecule has 0 radical (unpaired) electrons. The fourth-order valence-electron chi connectivity index (χ4n) is 1.89. The molecule has 0 bridgehead atoms. The Morgan fingerprint density at radius 3 is 2.55 bits per heavy atom. The van der Waals surface area contributed by atoms with E-state index in [1.165, 1.54) is 0 Å². The molecule has 2 aromatic rings. The molecule has 106 valence electrons. The van der Waals surface area contributed by atoms with Crippen molar-refractivity contribution in [3.8, 4) is 0 Å². The largest absolute Gasteiger partial charge is 0.348 e. The van der Waals surface area contributed by atoms with Crippen LogP contribution in [0.15, 0.2) is 36.7 Å². The molecule has 5 nitrogen and oxygen atoms in total. The van der Waals surface area contributed by atoms with E-state index in [9.17, 15) is 4.79 Å². The van der Waals surface area contributed by atoms with Crippen molar-refractivity contribution in [3.05, 3.63) is 52.8 Å². The van der Waals surface area contributed by atoms with Crippen molar-refractivity contribution in [1.82, 2.24) is 15.1 Å². The number of amides is 1. The van der Waals surface area contributed by atoms with Gasteiger partial charge < -0.3 is 11.1 Å². The third-order valence-electron chi connectivity index (χ3n) is 3.10. The van der Waals surface area contributed by atoms with Crippen molar-refractivity contribution in [2.24, 2.45) is 12.8 Å². The number of nitrogens with one attached hydrogen (secondary N) is 1. The highest BCUT2D eigenvalue weighted by Crippen LogP contribution is 2.17. The average molecular weight is 293 g/mol. The van der Waals surface area contributed by atoms with Crippen molar-refractivity contribution >= 4 is 17.5 Å². The minimum atomic E-state index is -0.724. The number of aryl methyl sites for hydroxylation is 1. The van der Waals surface area contributed by atoms with Crippen LogP contribution in [-0.2, 0) is 11.8 Å². The van der Waals surface area contributed by atoms with Crippen LogP contribution >= 0.6 is 11.6 Å². The predicted octanol–water partition coefficient (Wildman–Crippen LogP) is 1.95. The van der Waals surface area contributed by atoms with Gasteiger partial charge in [-0.15, -0.1) is 0 Å². The minimum absolute atomic E-state index is 0.137. The van der Waals surface area contributed by atoms with Crippen molar-refractivity contribution in [3.63, 3.8) is 0 Å². The quantitative estimate of drug-likeness (QED) is 0.904. The molecule has 0 saturated heterocycles. The lowest BCUT2D eigenvalue weighted by Crippen LogP contribution is -2.35. The van der Waals surface area contributed by atoms with Gasteiger partial charge in [0.2, 0.25) is 5.91 Å². The molecule has 0 spiro atoms. The van der Waals surface area contributed by atoms with Gasteiger partial charge in [-0.2, -0.15) is 5.10 Å². The molecule has 1 amide bonds. The summed E-state index contributed by atoms with van der Waals surface area (Å²) in [7, 11) is 1.78. The molecule has 0 aliphatic rings. The van der Waals surface area contributed by atoms with Crippen LogP contribution in [0.3, 0.4) is 0 Å². The number of hydrogen-bond donors (Lipinski definition) is 2. The highest BCUT2D eigenvalue weighted by atomic mass is 35.5. The number of hydrogen-bond acceptors (Lipinski definition) is 3. The first-order valence-electron chi connectivity index (χ1n) is 6.27. The molecule has 1 aromatic carbocycles. The summed E-state index contributed by atoms with van der Waals surface area (Å²) in [5.74, 6) is -0.236. The molecule has 0 aliphatic carbocycles. The van der Waals surface area contributed by atoms with E-state index in [1.54, 1.807) is 36.3 Å². The summed E-state index contributed by atoms with van der Waals surface area (Å²) in [5.41, 5.74) is 7.58. The maximum atomic E-state index is 12.1. The summed E-state index contributed by atoms with van der Waals surface area (Å²) in [6.07, 6.45) is 3.33. The summed E-state index contributed by atoms with van der Waals surface area (Å²) in [4.78, 5) is 12.1. The van der Waals surface area contributed by atoms with E-state index < -0.39 is 6.04 Å². The standard InChI is InChI=1S/C14H17ClN4O/c1-9(10-3-5-12(15)6-4-10)18-14(20)13(16)11-7-17-19(2)8-11/h3-9,13H,16H2,1-2H3,(H,18,20)/t9-,13?/m1/s1. The Kier molecular flexibility index (Phi) is 4.42. The molecular weight excluding hydrogens is 276 g/mol. The molecule has 6 heteroatoms. The maximum Gasteiger partial charge on any atom is 0.242 e. The number of carbonyl (C=O) groups is 1. The molecule has 3 N–H and O–H groups in total. The Morgan fingerprint density at radius 2 is 2.00 bits per heavy atom. The number of aromatic nitrogens is 2. The van der Waals surface area contributed by atoms with Gasteiger partial charge in [0.1, 0.15) is 6.04 Å². The van der Waals surface area contributed by atoms with E-state index in [0.717, 1.165) is 5.56 Å². The first kappa shape index (κ1) is 14.6. The van der Waals surface area contributed by atoms with Gasteiger partial charge in [0, 0.05) is 23.8 Å². The van der Waals surface area contributed by atoms with Crippen molar-refractivity contribution in [2.75, 3.05) is 0 Å². The summed E-state index contributed by atoms with van der Waals surface area (Å²) in [5, 5.41) is 7.55. The van der Waals surface area contributed by atoms with E-state index >= 15 is 0 Å². The molecule has 2 atom stereocenters. The highest BCUT2D eigenvalue weighted by Gasteiger charge is 2.19. The normalized spacial score (nSPS) is 13.8. The van der Waals surface area contributed by atoms with Crippen LogP contribution in [0, 0.1) is 0 Å². The molecule has 1 heterocycles. The molecule has 0 fully saturated rings. The lowest BCUT2D eigenvalue weighted by atomic mass is 10.1. The molecule has 0 aliphatic heterocycles. The Labute approximate surface area is 122 Å². The fraction of sp³-hybridized carbons (Fsp3) is 0.286. The van der Waals surface area contributed by atoms with Crippen LogP contribution < -0.4 is 11.1 Å². The van der Waals surface area contributed by atoms with E-state index in [0.29, 0.717) is 10.6 Å². The van der Waals surface area contributed by atoms with Crippen molar-refractivity contribution in [2.45, 2.75) is 19.0 Å². The third kappa shape index (κ3) is 3.37. The summed E-state index contributed by atoms with van der Waals surface area (Å²) < 4.78 is 1.62. The number of rotatable bonds is 4. The fourth-order valence-corrected chi connectivity index (χ4v) is 2.02. The van der Waals surface area contributed by atoms with Gasteiger partial charge >= 0.3 is 0 Å². The van der Waals surface area contributed by atoms with E-state index in [4.69, 9.17) is 17.3 Å². The summed E-state index contributed by atoms with van der Waals surface area (Å²) in [6.45, 7) is 1.90. The van der Waals surface area contributed by atoms with E-state index in [2.05, 4.69) is 10.4 Å². The number of nitrogens with two attached hydrogens (primary N) is 1. The zero-order valence-corrected chi connectivity index (χ0v) is 12.1. The second-order valence-corrected chi connectivity index (χ2v) is 5.14. The second-order valence-electron chi connectivity index (χ2n) is 4.71. The van der Waals surface area contributed by atoms with Crippen LogP contribution in [-0.4, -0.2) is 15.7 Å². The van der Waals surface area contributed by atoms with Crippen LogP contribution in [0.1, 0.15) is 30.1 Å². The number of benzene rings is 1.